The molecule has 0 saturated heterocycles. The Labute approximate surface area is 175 Å². The van der Waals surface area contributed by atoms with Crippen molar-refractivity contribution in [1.29, 1.82) is 0 Å². The maximum atomic E-state index is 12.3. The lowest BCUT2D eigenvalue weighted by atomic mass is 10.1. The number of methoxy groups -OCH3 is 1. The predicted molar refractivity (Wildman–Crippen MR) is 116 cm³/mol. The van der Waals surface area contributed by atoms with Gasteiger partial charge in [0.1, 0.15) is 11.6 Å². The second kappa shape index (κ2) is 9.26. The first-order valence-corrected chi connectivity index (χ1v) is 9.68. The number of hydrogen-bond donors (Lipinski definition) is 1. The van der Waals surface area contributed by atoms with Gasteiger partial charge in [0.15, 0.2) is 6.10 Å². The van der Waals surface area contributed by atoms with Crippen LogP contribution in [-0.4, -0.2) is 34.9 Å². The Morgan fingerprint density at radius 2 is 1.80 bits per heavy atom. The van der Waals surface area contributed by atoms with Crippen LogP contribution in [0.4, 0.5) is 5.82 Å². The highest BCUT2D eigenvalue weighted by atomic mass is 16.5. The molecule has 0 radical (unpaired) electrons. The molecule has 0 bridgehead atoms. The van der Waals surface area contributed by atoms with Crippen molar-refractivity contribution >= 4 is 34.5 Å². The van der Waals surface area contributed by atoms with E-state index >= 15 is 0 Å². The number of amides is 1. The van der Waals surface area contributed by atoms with Crippen molar-refractivity contribution in [3.8, 4) is 5.75 Å². The minimum Gasteiger partial charge on any atom is -0.497 e. The van der Waals surface area contributed by atoms with E-state index in [1.807, 2.05) is 50.2 Å². The first-order chi connectivity index (χ1) is 14.4. The van der Waals surface area contributed by atoms with Gasteiger partial charge in [0.25, 0.3) is 5.91 Å². The average Bonchev–Trinajstić information content (AvgIpc) is 3.20. The Hall–Kier alpha value is -3.61. The zero-order chi connectivity index (χ0) is 21.7. The molecule has 30 heavy (non-hydrogen) atoms. The predicted octanol–water partition coefficient (Wildman–Crippen LogP) is 4.21. The summed E-state index contributed by atoms with van der Waals surface area (Å²) in [5, 5.41) is 8.96. The Morgan fingerprint density at radius 1 is 1.07 bits per heavy atom. The number of anilines is 1. The average molecular weight is 407 g/mol. The molecular weight excluding hydrogens is 382 g/mol. The molecule has 0 spiro atoms. The van der Waals surface area contributed by atoms with E-state index in [0.29, 0.717) is 5.82 Å². The quantitative estimate of drug-likeness (QED) is 0.469. The summed E-state index contributed by atoms with van der Waals surface area (Å²) in [5.74, 6) is 0.336. The molecular formula is C23H25N3O4. The molecule has 0 unspecified atom stereocenters. The number of rotatable bonds is 7. The number of carbonyl (C=O) groups excluding carboxylic acids is 2. The van der Waals surface area contributed by atoms with Crippen LogP contribution in [-0.2, 0) is 14.3 Å². The summed E-state index contributed by atoms with van der Waals surface area (Å²) in [4.78, 5) is 24.5. The van der Waals surface area contributed by atoms with Crippen LogP contribution in [0, 0.1) is 0 Å². The van der Waals surface area contributed by atoms with Crippen LogP contribution in [0.25, 0.3) is 16.8 Å². The number of fused-ring (bicyclic) bond motifs is 1. The van der Waals surface area contributed by atoms with Crippen LogP contribution >= 0.6 is 0 Å². The smallest absolute Gasteiger partial charge is 0.331 e. The van der Waals surface area contributed by atoms with Gasteiger partial charge in [-0.15, -0.1) is 0 Å². The summed E-state index contributed by atoms with van der Waals surface area (Å²) < 4.78 is 12.1. The van der Waals surface area contributed by atoms with Crippen molar-refractivity contribution < 1.29 is 19.1 Å². The topological polar surface area (TPSA) is 82.4 Å². The van der Waals surface area contributed by atoms with E-state index in [-0.39, 0.29) is 6.04 Å². The van der Waals surface area contributed by atoms with Crippen molar-refractivity contribution in [1.82, 2.24) is 9.78 Å². The lowest BCUT2D eigenvalue weighted by Crippen LogP contribution is -2.30. The largest absolute Gasteiger partial charge is 0.497 e. The molecule has 7 heteroatoms. The highest BCUT2D eigenvalue weighted by Crippen LogP contribution is 2.22. The first kappa shape index (κ1) is 21.1. The third kappa shape index (κ3) is 5.05. The third-order valence-corrected chi connectivity index (χ3v) is 4.56. The summed E-state index contributed by atoms with van der Waals surface area (Å²) in [5.41, 5.74) is 0.850. The molecule has 0 saturated carbocycles. The minimum absolute atomic E-state index is 0.0964. The van der Waals surface area contributed by atoms with E-state index < -0.39 is 18.0 Å². The molecule has 3 aromatic rings. The minimum atomic E-state index is -0.943. The molecule has 0 aliphatic heterocycles. The van der Waals surface area contributed by atoms with E-state index in [1.165, 1.54) is 13.0 Å². The summed E-state index contributed by atoms with van der Waals surface area (Å²) in [6.07, 6.45) is 3.63. The molecule has 0 aliphatic rings. The molecule has 0 fully saturated rings. The van der Waals surface area contributed by atoms with Gasteiger partial charge in [-0.05, 0) is 61.4 Å². The number of aromatic nitrogens is 2. The van der Waals surface area contributed by atoms with E-state index in [9.17, 15) is 9.59 Å². The molecule has 1 aromatic heterocycles. The van der Waals surface area contributed by atoms with Crippen molar-refractivity contribution in [3.63, 3.8) is 0 Å². The van der Waals surface area contributed by atoms with Gasteiger partial charge in [-0.3, -0.25) is 4.79 Å². The number of esters is 1. The molecule has 0 aliphatic carbocycles. The molecule has 1 amide bonds. The van der Waals surface area contributed by atoms with Crippen molar-refractivity contribution in [2.45, 2.75) is 32.9 Å². The Bertz CT molecular complexity index is 1080. The Morgan fingerprint density at radius 3 is 2.53 bits per heavy atom. The fourth-order valence-corrected chi connectivity index (χ4v) is 2.96. The fraction of sp³-hybridized carbons (Fsp3) is 0.261. The van der Waals surface area contributed by atoms with E-state index in [0.717, 1.165) is 22.1 Å². The molecule has 1 heterocycles. The monoisotopic (exact) mass is 407 g/mol. The van der Waals surface area contributed by atoms with Gasteiger partial charge < -0.3 is 14.8 Å². The van der Waals surface area contributed by atoms with Crippen LogP contribution < -0.4 is 10.1 Å². The summed E-state index contributed by atoms with van der Waals surface area (Å²) in [7, 11) is 1.63. The van der Waals surface area contributed by atoms with Crippen molar-refractivity contribution in [2.75, 3.05) is 12.4 Å². The lowest BCUT2D eigenvalue weighted by molar-refractivity contribution is -0.148. The van der Waals surface area contributed by atoms with Gasteiger partial charge in [-0.2, -0.15) is 5.10 Å². The molecule has 1 atom stereocenters. The lowest BCUT2D eigenvalue weighted by Gasteiger charge is -2.15. The summed E-state index contributed by atoms with van der Waals surface area (Å²) in [6.45, 7) is 5.45. The molecule has 3 rings (SSSR count). The second-order valence-electron chi connectivity index (χ2n) is 7.13. The maximum absolute atomic E-state index is 12.3. The van der Waals surface area contributed by atoms with Crippen LogP contribution in [0.1, 0.15) is 32.4 Å². The van der Waals surface area contributed by atoms with Crippen molar-refractivity contribution in [3.05, 3.63) is 60.3 Å². The van der Waals surface area contributed by atoms with Gasteiger partial charge in [0.05, 0.1) is 13.3 Å². The highest BCUT2D eigenvalue weighted by Gasteiger charge is 2.18. The zero-order valence-corrected chi connectivity index (χ0v) is 17.5. The highest BCUT2D eigenvalue weighted by molar-refractivity contribution is 5.96. The second-order valence-corrected chi connectivity index (χ2v) is 7.13. The molecule has 1 N–H and O–H groups in total. The summed E-state index contributed by atoms with van der Waals surface area (Å²) in [6, 6.07) is 13.4. The summed E-state index contributed by atoms with van der Waals surface area (Å²) >= 11 is 0. The Balaban J connectivity index is 1.60. The molecule has 2 aromatic carbocycles. The van der Waals surface area contributed by atoms with Crippen LogP contribution in [0.2, 0.25) is 0 Å². The van der Waals surface area contributed by atoms with Crippen molar-refractivity contribution in [2.24, 2.45) is 0 Å². The van der Waals surface area contributed by atoms with E-state index in [2.05, 4.69) is 10.4 Å². The van der Waals surface area contributed by atoms with Gasteiger partial charge in [0.2, 0.25) is 0 Å². The third-order valence-electron chi connectivity index (χ3n) is 4.56. The standard InChI is InChI=1S/C23H25N3O4/c1-15(2)26-21(11-12-24-26)25-23(28)16(3)30-22(27)10-6-17-5-7-19-14-20(29-4)9-8-18(19)13-17/h5-16H,1-4H3,(H,25,28)/b10-6+/t16-/m0/s1. The number of nitrogens with zero attached hydrogens (tertiary/aromatic N) is 2. The van der Waals surface area contributed by atoms with Gasteiger partial charge >= 0.3 is 5.97 Å². The zero-order valence-electron chi connectivity index (χ0n) is 17.5. The number of nitrogens with one attached hydrogen (secondary N) is 1. The maximum Gasteiger partial charge on any atom is 0.331 e. The van der Waals surface area contributed by atoms with Crippen LogP contribution in [0.15, 0.2) is 54.7 Å². The SMILES string of the molecule is COc1ccc2cc(/C=C/C(=O)O[C@@H](C)C(=O)Nc3ccnn3C(C)C)ccc2c1. The number of ether oxygens (including phenoxy) is 2. The van der Waals surface area contributed by atoms with Crippen LogP contribution in [0.3, 0.4) is 0 Å². The normalized spacial score (nSPS) is 12.3. The van der Waals surface area contributed by atoms with Gasteiger partial charge in [0, 0.05) is 18.2 Å². The number of hydrogen-bond acceptors (Lipinski definition) is 5. The van der Waals surface area contributed by atoms with Gasteiger partial charge in [-0.1, -0.05) is 18.2 Å². The number of benzene rings is 2. The van der Waals surface area contributed by atoms with E-state index in [4.69, 9.17) is 9.47 Å². The number of carbonyl (C=O) groups is 2. The first-order valence-electron chi connectivity index (χ1n) is 9.68. The molecule has 7 nitrogen and oxygen atoms in total. The van der Waals surface area contributed by atoms with E-state index in [1.54, 1.807) is 30.1 Å². The van der Waals surface area contributed by atoms with Crippen LogP contribution in [0.5, 0.6) is 5.75 Å². The fourth-order valence-electron chi connectivity index (χ4n) is 2.96. The molecule has 156 valence electrons. The Kier molecular flexibility index (Phi) is 6.51. The van der Waals surface area contributed by atoms with Gasteiger partial charge in [-0.25, -0.2) is 9.48 Å².